The second kappa shape index (κ2) is 9.98. The van der Waals surface area contributed by atoms with E-state index in [-0.39, 0.29) is 23.1 Å². The Kier molecular flexibility index (Phi) is 6.82. The van der Waals surface area contributed by atoms with E-state index in [1.54, 1.807) is 19.2 Å². The lowest BCUT2D eigenvalue weighted by Gasteiger charge is -2.13. The Morgan fingerprint density at radius 2 is 1.58 bits per heavy atom. The second-order valence-electron chi connectivity index (χ2n) is 8.18. The first-order chi connectivity index (χ1) is 17.2. The zero-order valence-electron chi connectivity index (χ0n) is 20.7. The molecule has 3 aromatic rings. The quantitative estimate of drug-likeness (QED) is 0.519. The molecule has 0 bridgehead atoms. The lowest BCUT2D eigenvalue weighted by Crippen LogP contribution is -2.29. The number of ether oxygens (including phenoxy) is 3. The van der Waals surface area contributed by atoms with Crippen molar-refractivity contribution in [2.45, 2.75) is 12.8 Å². The van der Waals surface area contributed by atoms with Gasteiger partial charge in [-0.1, -0.05) is 12.1 Å². The zero-order valence-corrected chi connectivity index (χ0v) is 20.7. The van der Waals surface area contributed by atoms with Gasteiger partial charge in [-0.2, -0.15) is 9.98 Å². The van der Waals surface area contributed by atoms with Crippen molar-refractivity contribution in [1.29, 1.82) is 0 Å². The molecule has 0 radical (unpaired) electrons. The molecule has 36 heavy (non-hydrogen) atoms. The molecule has 11 heteroatoms. The maximum Gasteiger partial charge on any atom is 0.352 e. The predicted octanol–water partition coefficient (Wildman–Crippen LogP) is 2.16. The third kappa shape index (κ3) is 4.67. The number of imidazole rings is 1. The number of urea groups is 1. The summed E-state index contributed by atoms with van der Waals surface area (Å²) in [6, 6.07) is 10.5. The van der Waals surface area contributed by atoms with Crippen molar-refractivity contribution in [2.24, 2.45) is 17.0 Å². The fourth-order valence-electron chi connectivity index (χ4n) is 3.91. The number of phenols is 1. The summed E-state index contributed by atoms with van der Waals surface area (Å²) in [6.45, 7) is 0. The molecule has 0 atom stereocenters. The highest BCUT2D eigenvalue weighted by atomic mass is 16.5. The van der Waals surface area contributed by atoms with Gasteiger partial charge in [0.25, 0.3) is 5.91 Å². The van der Waals surface area contributed by atoms with E-state index in [0.29, 0.717) is 18.5 Å². The molecule has 11 nitrogen and oxygen atoms in total. The normalized spacial score (nSPS) is 13.9. The number of H-pyrrole nitrogens is 1. The summed E-state index contributed by atoms with van der Waals surface area (Å²) in [4.78, 5) is 36.4. The largest absolute Gasteiger partial charge is 0.502 e. The Morgan fingerprint density at radius 1 is 0.944 bits per heavy atom. The van der Waals surface area contributed by atoms with E-state index >= 15 is 0 Å². The van der Waals surface area contributed by atoms with Crippen molar-refractivity contribution >= 4 is 17.8 Å². The van der Waals surface area contributed by atoms with E-state index in [4.69, 9.17) is 14.2 Å². The van der Waals surface area contributed by atoms with Gasteiger partial charge in [0.1, 0.15) is 5.75 Å². The molecule has 0 saturated carbocycles. The fraction of sp³-hybridized carbons (Fsp3) is 0.280. The van der Waals surface area contributed by atoms with Crippen molar-refractivity contribution in [1.82, 2.24) is 14.5 Å². The first-order valence-electron chi connectivity index (χ1n) is 11.0. The maximum atomic E-state index is 12.3. The van der Waals surface area contributed by atoms with Crippen LogP contribution in [-0.2, 0) is 24.7 Å². The number of methoxy groups -OCH3 is 3. The van der Waals surface area contributed by atoms with E-state index in [1.165, 1.54) is 21.3 Å². The number of benzene rings is 2. The van der Waals surface area contributed by atoms with Crippen LogP contribution >= 0.6 is 0 Å². The molecular formula is C25H27N5O6. The number of imide groups is 1. The molecule has 0 unspecified atom stereocenters. The van der Waals surface area contributed by atoms with Crippen molar-refractivity contribution in [2.75, 3.05) is 28.4 Å². The van der Waals surface area contributed by atoms with Crippen LogP contribution in [0, 0.1) is 0 Å². The van der Waals surface area contributed by atoms with Gasteiger partial charge in [0.05, 0.1) is 21.3 Å². The summed E-state index contributed by atoms with van der Waals surface area (Å²) in [5, 5.41) is 10.3. The van der Waals surface area contributed by atoms with Crippen LogP contribution in [0.15, 0.2) is 46.4 Å². The number of likely N-dealkylation sites (N-methyl/N-ethyl adjacent to an activating group) is 1. The first kappa shape index (κ1) is 24.6. The summed E-state index contributed by atoms with van der Waals surface area (Å²) in [6.07, 6.45) is 0.967. The van der Waals surface area contributed by atoms with Crippen LogP contribution in [0.25, 0.3) is 0 Å². The Bertz CT molecular complexity index is 1390. The number of amidine groups is 1. The molecule has 1 aromatic heterocycles. The predicted molar refractivity (Wildman–Crippen MR) is 131 cm³/mol. The first-order valence-corrected chi connectivity index (χ1v) is 11.0. The third-order valence-electron chi connectivity index (χ3n) is 5.98. The molecule has 0 fully saturated rings. The average Bonchev–Trinajstić information content (AvgIpc) is 3.30. The smallest absolute Gasteiger partial charge is 0.352 e. The molecule has 1 aliphatic rings. The molecule has 0 aliphatic carbocycles. The minimum absolute atomic E-state index is 0.0807. The lowest BCUT2D eigenvalue weighted by atomic mass is 10.0. The fourth-order valence-corrected chi connectivity index (χ4v) is 3.91. The highest BCUT2D eigenvalue weighted by Gasteiger charge is 2.30. The van der Waals surface area contributed by atoms with Crippen LogP contribution in [0.4, 0.5) is 4.79 Å². The zero-order chi connectivity index (χ0) is 26.0. The van der Waals surface area contributed by atoms with Gasteiger partial charge in [-0.05, 0) is 35.4 Å². The number of carbonyl (C=O) groups excluding carboxylic acids is 2. The molecule has 0 spiro atoms. The van der Waals surface area contributed by atoms with Crippen LogP contribution in [-0.4, -0.2) is 65.7 Å². The number of rotatable bonds is 7. The van der Waals surface area contributed by atoms with Crippen LogP contribution < -0.4 is 19.8 Å². The van der Waals surface area contributed by atoms with Crippen LogP contribution in [0.2, 0.25) is 0 Å². The lowest BCUT2D eigenvalue weighted by molar-refractivity contribution is -0.119. The number of hydrogen-bond donors (Lipinski definition) is 2. The number of aliphatic imine (C=N–C) groups is 1. The summed E-state index contributed by atoms with van der Waals surface area (Å²) in [5.41, 5.74) is 3.92. The standard InChI is InChI=1S/C25H27N5O6/c1-29-18(11-15-12-19(35-4)21(31)20(13-15)36-5)17(10-14-6-8-16(34-3)9-7-14)26-24(29)27-22-23(32)30(2)25(33)28-22/h6-9,12-13,31H,10-11H2,1-5H3,(H,26,27,28,33). The van der Waals surface area contributed by atoms with Gasteiger partial charge in [-0.25, -0.2) is 4.79 Å². The molecule has 0 saturated heterocycles. The maximum absolute atomic E-state index is 12.3. The molecule has 2 aromatic carbocycles. The summed E-state index contributed by atoms with van der Waals surface area (Å²) in [7, 11) is 7.72. The van der Waals surface area contributed by atoms with Gasteiger partial charge >= 0.3 is 6.03 Å². The minimum atomic E-state index is -0.657. The van der Waals surface area contributed by atoms with Gasteiger partial charge in [0.2, 0.25) is 17.2 Å². The number of phenolic OH excluding ortho intramolecular Hbond substituents is 1. The number of aromatic hydroxyl groups is 1. The summed E-state index contributed by atoms with van der Waals surface area (Å²) >= 11 is 0. The second-order valence-corrected chi connectivity index (χ2v) is 8.18. The van der Waals surface area contributed by atoms with Gasteiger partial charge in [-0.3, -0.25) is 9.69 Å². The topological polar surface area (TPSA) is 131 Å². The van der Waals surface area contributed by atoms with E-state index in [0.717, 1.165) is 33.2 Å². The molecule has 3 amide bonds. The third-order valence-corrected chi connectivity index (χ3v) is 5.98. The number of nitrogens with zero attached hydrogens (tertiary/aromatic N) is 4. The van der Waals surface area contributed by atoms with Gasteiger partial charge in [0.15, 0.2) is 11.5 Å². The minimum Gasteiger partial charge on any atom is -0.502 e. The number of nitrogens with one attached hydrogen (secondary N) is 1. The van der Waals surface area contributed by atoms with Gasteiger partial charge in [-0.15, -0.1) is 0 Å². The monoisotopic (exact) mass is 493 g/mol. The van der Waals surface area contributed by atoms with Crippen LogP contribution in [0.1, 0.15) is 22.5 Å². The Morgan fingerprint density at radius 3 is 2.11 bits per heavy atom. The Balaban J connectivity index is 1.80. The van der Waals surface area contributed by atoms with Gasteiger partial charge in [0, 0.05) is 38.3 Å². The highest BCUT2D eigenvalue weighted by molar-refractivity contribution is 6.45. The number of aromatic amines is 1. The van der Waals surface area contributed by atoms with Crippen molar-refractivity contribution in [3.63, 3.8) is 0 Å². The van der Waals surface area contributed by atoms with Crippen LogP contribution in [0.5, 0.6) is 23.0 Å². The molecule has 188 valence electrons. The molecule has 4 rings (SSSR count). The van der Waals surface area contributed by atoms with E-state index < -0.39 is 11.9 Å². The van der Waals surface area contributed by atoms with Crippen molar-refractivity contribution < 1.29 is 28.9 Å². The average molecular weight is 494 g/mol. The van der Waals surface area contributed by atoms with E-state index in [2.05, 4.69) is 15.0 Å². The molecule has 2 N–H and O–H groups in total. The van der Waals surface area contributed by atoms with Crippen LogP contribution in [0.3, 0.4) is 0 Å². The number of carbonyl (C=O) groups is 2. The van der Waals surface area contributed by atoms with Crippen molar-refractivity contribution in [3.8, 4) is 23.0 Å². The number of amides is 3. The van der Waals surface area contributed by atoms with Gasteiger partial charge < -0.3 is 28.9 Å². The number of aromatic nitrogens is 2. The molecule has 1 aliphatic heterocycles. The molecular weight excluding hydrogens is 466 g/mol. The highest BCUT2D eigenvalue weighted by Crippen LogP contribution is 2.37. The van der Waals surface area contributed by atoms with Crippen molar-refractivity contribution in [3.05, 3.63) is 64.5 Å². The Hall–Kier alpha value is -4.54. The summed E-state index contributed by atoms with van der Waals surface area (Å²) in [5.74, 6) is 0.494. The van der Waals surface area contributed by atoms with E-state index in [1.807, 2.05) is 35.9 Å². The van der Waals surface area contributed by atoms with E-state index in [9.17, 15) is 14.7 Å². The summed E-state index contributed by atoms with van der Waals surface area (Å²) < 4.78 is 17.7. The molecule has 2 heterocycles. The Labute approximate surface area is 207 Å². The number of hydrogen-bond acceptors (Lipinski definition) is 7. The SMILES string of the molecule is COc1ccc(Cc2[nH]/c(=N\C3=NC(=O)N(C)C3=O)n(C)c2Cc2cc(OC)c(O)c(OC)c2)cc1.